The van der Waals surface area contributed by atoms with Gasteiger partial charge in [0.25, 0.3) is 11.1 Å². The maximum Gasteiger partial charge on any atom is 0.495 e. The highest BCUT2D eigenvalue weighted by atomic mass is 35.5. The normalized spacial score (nSPS) is 13.6. The number of carbonyl (C=O) groups is 2. The number of nitrogens with zero attached hydrogens (tertiary/aromatic N) is 6. The van der Waals surface area contributed by atoms with Crippen LogP contribution in [0.4, 0.5) is 17.6 Å². The Balaban J connectivity index is 0.000000164. The van der Waals surface area contributed by atoms with Crippen LogP contribution in [0.1, 0.15) is 59.5 Å². The Kier molecular flexibility index (Phi) is 15.5. The molecule has 0 spiro atoms. The highest BCUT2D eigenvalue weighted by molar-refractivity contribution is 7.98. The van der Waals surface area contributed by atoms with Crippen LogP contribution in [-0.4, -0.2) is 82.1 Å². The van der Waals surface area contributed by atoms with E-state index in [1.807, 2.05) is 34.6 Å². The molecule has 0 aliphatic carbocycles. The molecule has 1 saturated heterocycles. The summed E-state index contributed by atoms with van der Waals surface area (Å²) in [6, 6.07) is 21.5. The largest absolute Gasteiger partial charge is 0.495 e. The van der Waals surface area contributed by atoms with Crippen molar-refractivity contribution in [3.05, 3.63) is 168 Å². The van der Waals surface area contributed by atoms with E-state index in [2.05, 4.69) is 19.9 Å². The first-order valence-corrected chi connectivity index (χ1v) is 24.3. The number of para-hydroxylation sites is 2. The molecule has 8 aromatic rings. The molecule has 9 rings (SSSR count). The number of hydrogen-bond donors (Lipinski definition) is 2. The number of aryl methyl sites for hydroxylation is 2. The van der Waals surface area contributed by atoms with Gasteiger partial charge in [-0.3, -0.25) is 18.7 Å². The van der Waals surface area contributed by atoms with Crippen molar-refractivity contribution in [2.75, 3.05) is 12.5 Å². The number of fused-ring (bicyclic) bond motifs is 2. The molecule has 72 heavy (non-hydrogen) atoms. The third-order valence-corrected chi connectivity index (χ3v) is 13.3. The van der Waals surface area contributed by atoms with Crippen molar-refractivity contribution in [1.29, 1.82) is 0 Å². The first kappa shape index (κ1) is 52.9. The van der Waals surface area contributed by atoms with Crippen LogP contribution in [0.5, 0.6) is 0 Å². The van der Waals surface area contributed by atoms with Gasteiger partial charge in [-0.05, 0) is 126 Å². The van der Waals surface area contributed by atoms with Crippen LogP contribution < -0.4 is 16.6 Å². The van der Waals surface area contributed by atoms with E-state index in [0.29, 0.717) is 27.2 Å². The fourth-order valence-electron chi connectivity index (χ4n) is 7.39. The van der Waals surface area contributed by atoms with E-state index in [1.165, 1.54) is 72.1 Å². The molecule has 1 fully saturated rings. The summed E-state index contributed by atoms with van der Waals surface area (Å²) in [6.07, 6.45) is 3.45. The van der Waals surface area contributed by atoms with E-state index in [4.69, 9.17) is 26.0 Å². The van der Waals surface area contributed by atoms with Crippen molar-refractivity contribution in [1.82, 2.24) is 29.1 Å². The summed E-state index contributed by atoms with van der Waals surface area (Å²) in [5.41, 5.74) is 0.588. The van der Waals surface area contributed by atoms with Crippen LogP contribution in [0.25, 0.3) is 44.7 Å². The molecule has 1 aliphatic rings. The maximum atomic E-state index is 14.5. The average molecular weight is 1040 g/mol. The molecule has 2 N–H and O–H groups in total. The van der Waals surface area contributed by atoms with E-state index in [0.717, 1.165) is 50.0 Å². The molecular formula is C50H42BClF4N6O8S2. The van der Waals surface area contributed by atoms with Crippen LogP contribution in [0.15, 0.2) is 117 Å². The quantitative estimate of drug-likeness (QED) is 0.0481. The lowest BCUT2D eigenvalue weighted by Crippen LogP contribution is -2.41. The van der Waals surface area contributed by atoms with Crippen molar-refractivity contribution < 1.29 is 46.7 Å². The van der Waals surface area contributed by atoms with Crippen LogP contribution in [0, 0.1) is 37.1 Å². The van der Waals surface area contributed by atoms with Gasteiger partial charge in [-0.1, -0.05) is 65.0 Å². The number of carboxylic acid groups (broad SMARTS) is 2. The van der Waals surface area contributed by atoms with E-state index >= 15 is 0 Å². The van der Waals surface area contributed by atoms with Crippen molar-refractivity contribution in [3.8, 4) is 22.6 Å². The van der Waals surface area contributed by atoms with Crippen molar-refractivity contribution in [3.63, 3.8) is 0 Å². The Morgan fingerprint density at radius 3 is 1.51 bits per heavy atom. The second-order valence-electron chi connectivity index (χ2n) is 17.0. The number of thioether (sulfide) groups is 2. The topological polar surface area (TPSA) is 189 Å². The molecule has 4 aromatic heterocycles. The zero-order valence-corrected chi connectivity index (χ0v) is 41.9. The van der Waals surface area contributed by atoms with Crippen molar-refractivity contribution in [2.45, 2.75) is 63.1 Å². The molecule has 22 heteroatoms. The summed E-state index contributed by atoms with van der Waals surface area (Å²) in [4.78, 5) is 64.5. The van der Waals surface area contributed by atoms with Gasteiger partial charge in [0.15, 0.2) is 21.6 Å². The van der Waals surface area contributed by atoms with Gasteiger partial charge in [-0.2, -0.15) is 0 Å². The van der Waals surface area contributed by atoms with Crippen LogP contribution >= 0.6 is 35.1 Å². The van der Waals surface area contributed by atoms with Gasteiger partial charge in [0, 0.05) is 23.1 Å². The molecule has 0 unspecified atom stereocenters. The van der Waals surface area contributed by atoms with Gasteiger partial charge in [0.2, 0.25) is 0 Å². The van der Waals surface area contributed by atoms with Gasteiger partial charge in [0.1, 0.15) is 39.8 Å². The second kappa shape index (κ2) is 21.1. The van der Waals surface area contributed by atoms with Crippen LogP contribution in [-0.2, 0) is 9.31 Å². The Bertz CT molecular complexity index is 3550. The van der Waals surface area contributed by atoms with E-state index in [-0.39, 0.29) is 32.7 Å². The zero-order valence-electron chi connectivity index (χ0n) is 39.5. The number of carboxylic acids is 2. The maximum absolute atomic E-state index is 14.5. The first-order valence-electron chi connectivity index (χ1n) is 21.5. The number of benzene rings is 4. The van der Waals surface area contributed by atoms with Gasteiger partial charge < -0.3 is 19.5 Å². The molecule has 14 nitrogen and oxygen atoms in total. The minimum absolute atomic E-state index is 0.0194. The lowest BCUT2D eigenvalue weighted by Gasteiger charge is -2.32. The smallest absolute Gasteiger partial charge is 0.478 e. The highest BCUT2D eigenvalue weighted by Crippen LogP contribution is 2.37. The van der Waals surface area contributed by atoms with Gasteiger partial charge in [0.05, 0.1) is 33.4 Å². The van der Waals surface area contributed by atoms with E-state index in [1.54, 1.807) is 43.7 Å². The Labute approximate surface area is 422 Å². The predicted octanol–water partition coefficient (Wildman–Crippen LogP) is 9.88. The number of aromatic nitrogens is 6. The molecule has 0 atom stereocenters. The van der Waals surface area contributed by atoms with Crippen LogP contribution in [0.3, 0.4) is 0 Å². The standard InChI is InChI=1S/C22H15F2N3O3S.C14H19BO4.C14H8ClF2N3OS/c1-11-6-7-12(21(29)30)10-14(11)18-13-8-9-17(28)27(20(13)26-22(25-18)31-2)19-15(23)4-3-5-16(19)24;1-9-6-7-10(12(16)17)8-11(9)15-18-13(2,3)14(4,5)19-15;1-22-14-18-12(15)7-5-6-10(21)20(13(7)19-14)11-8(16)3-2-4-9(11)17/h3-10H,1-2H3,(H,29,30);6-8H,1-5H3,(H,16,17);2-6H,1H3. The average Bonchev–Trinajstić information content (AvgIpc) is 3.55. The molecule has 0 radical (unpaired) electrons. The summed E-state index contributed by atoms with van der Waals surface area (Å²) in [6.45, 7) is 11.6. The molecule has 0 saturated carbocycles. The molecule has 370 valence electrons. The number of hydrogen-bond acceptors (Lipinski definition) is 12. The molecule has 4 aromatic carbocycles. The summed E-state index contributed by atoms with van der Waals surface area (Å²) in [5, 5.41) is 19.8. The fraction of sp³-hybridized carbons (Fsp3) is 0.200. The zero-order chi connectivity index (χ0) is 52.6. The van der Waals surface area contributed by atoms with E-state index < -0.39 is 76.0 Å². The first-order chi connectivity index (χ1) is 34.0. The predicted molar refractivity (Wildman–Crippen MR) is 270 cm³/mol. The Hall–Kier alpha value is -6.91. The molecule has 0 amide bonds. The monoisotopic (exact) mass is 1040 g/mol. The van der Waals surface area contributed by atoms with Gasteiger partial charge >= 0.3 is 19.1 Å². The summed E-state index contributed by atoms with van der Waals surface area (Å²) in [7, 11) is -0.524. The number of aromatic carboxylic acids is 2. The minimum Gasteiger partial charge on any atom is -0.478 e. The fourth-order valence-corrected chi connectivity index (χ4v) is 8.39. The van der Waals surface area contributed by atoms with Gasteiger partial charge in [-0.25, -0.2) is 47.1 Å². The number of pyridine rings is 2. The summed E-state index contributed by atoms with van der Waals surface area (Å²) in [5.74, 6) is -5.60. The summed E-state index contributed by atoms with van der Waals surface area (Å²) < 4.78 is 70.8. The second-order valence-corrected chi connectivity index (χ2v) is 18.9. The SMILES string of the molecule is CSc1nc(-c2cc(C(=O)O)ccc2C)c2ccc(=O)n(-c3c(F)cccc3F)c2n1.CSc1nc(Cl)c2ccc(=O)n(-c3c(F)cccc3F)c2n1.Cc1ccc(C(=O)O)cc1B1OC(C)(C)C(C)(C)O1. The highest BCUT2D eigenvalue weighted by Gasteiger charge is 2.52. The lowest BCUT2D eigenvalue weighted by molar-refractivity contribution is 0.00578. The third-order valence-electron chi connectivity index (χ3n) is 11.9. The van der Waals surface area contributed by atoms with Crippen molar-refractivity contribution in [2.24, 2.45) is 0 Å². The molecule has 5 heterocycles. The van der Waals surface area contributed by atoms with E-state index in [9.17, 15) is 41.8 Å². The third kappa shape index (κ3) is 10.5. The molecule has 1 aliphatic heterocycles. The number of rotatable bonds is 8. The molecule has 0 bridgehead atoms. The van der Waals surface area contributed by atoms with Crippen molar-refractivity contribution >= 4 is 81.7 Å². The van der Waals surface area contributed by atoms with Gasteiger partial charge in [-0.15, -0.1) is 0 Å². The molecular weight excluding hydrogens is 999 g/mol. The lowest BCUT2D eigenvalue weighted by atomic mass is 9.75. The minimum atomic E-state index is -1.10. The van der Waals surface area contributed by atoms with Crippen LogP contribution in [0.2, 0.25) is 5.15 Å². The number of halogens is 5. The Morgan fingerprint density at radius 1 is 0.611 bits per heavy atom. The summed E-state index contributed by atoms with van der Waals surface area (Å²) >= 11 is 8.46. The Morgan fingerprint density at radius 2 is 1.04 bits per heavy atom.